The molecule has 0 saturated heterocycles. The van der Waals surface area contributed by atoms with Crippen LogP contribution < -0.4 is 10.9 Å². The third-order valence-electron chi connectivity index (χ3n) is 4.77. The van der Waals surface area contributed by atoms with E-state index in [-0.39, 0.29) is 17.4 Å². The fraction of sp³-hybridized carbons (Fsp3) is 0.368. The number of nitrogens with zero attached hydrogens (tertiary/aromatic N) is 3. The first-order valence-corrected chi connectivity index (χ1v) is 10.0. The molecule has 2 N–H and O–H groups in total. The summed E-state index contributed by atoms with van der Waals surface area (Å²) in [5.74, 6) is 0.838. The van der Waals surface area contributed by atoms with Crippen molar-refractivity contribution < 1.29 is 4.79 Å². The fourth-order valence-electron chi connectivity index (χ4n) is 3.43. The first kappa shape index (κ1) is 17.7. The molecule has 0 aliphatic heterocycles. The van der Waals surface area contributed by atoms with Gasteiger partial charge in [-0.05, 0) is 31.2 Å². The van der Waals surface area contributed by atoms with E-state index < -0.39 is 0 Å². The maximum atomic E-state index is 12.7. The second-order valence-electron chi connectivity index (χ2n) is 6.84. The van der Waals surface area contributed by atoms with Crippen LogP contribution in [0.3, 0.4) is 0 Å². The molecule has 1 fully saturated rings. The maximum Gasteiger partial charge on any atom is 0.252 e. The molecule has 7 nitrogen and oxygen atoms in total. The topological polar surface area (TPSA) is 92.7 Å². The van der Waals surface area contributed by atoms with Crippen LogP contribution in [0.1, 0.15) is 37.8 Å². The van der Waals surface area contributed by atoms with Crippen LogP contribution in [0.2, 0.25) is 0 Å². The Labute approximate surface area is 160 Å². The number of aromatic amines is 1. The van der Waals surface area contributed by atoms with E-state index >= 15 is 0 Å². The van der Waals surface area contributed by atoms with Gasteiger partial charge in [0.15, 0.2) is 0 Å². The molecule has 27 heavy (non-hydrogen) atoms. The third-order valence-corrected chi connectivity index (χ3v) is 5.66. The van der Waals surface area contributed by atoms with E-state index in [9.17, 15) is 9.59 Å². The zero-order valence-corrected chi connectivity index (χ0v) is 15.9. The fourth-order valence-corrected chi connectivity index (χ4v) is 4.11. The molecule has 0 aromatic carbocycles. The number of hydrogen-bond donors (Lipinski definition) is 2. The molecule has 3 heterocycles. The highest BCUT2D eigenvalue weighted by molar-refractivity contribution is 7.13. The van der Waals surface area contributed by atoms with Gasteiger partial charge in [0.2, 0.25) is 11.9 Å². The van der Waals surface area contributed by atoms with Crippen LogP contribution in [0.25, 0.3) is 16.5 Å². The minimum absolute atomic E-state index is 0.00331. The van der Waals surface area contributed by atoms with Gasteiger partial charge in [0.05, 0.1) is 4.88 Å². The number of H-pyrrole nitrogens is 1. The van der Waals surface area contributed by atoms with Gasteiger partial charge >= 0.3 is 0 Å². The van der Waals surface area contributed by atoms with E-state index in [4.69, 9.17) is 0 Å². The lowest BCUT2D eigenvalue weighted by molar-refractivity contribution is -0.120. The molecule has 0 atom stereocenters. The number of amides is 1. The molecule has 0 unspecified atom stereocenters. The summed E-state index contributed by atoms with van der Waals surface area (Å²) in [6.07, 6.45) is 5.20. The Morgan fingerprint density at radius 3 is 2.81 bits per heavy atom. The molecule has 3 aromatic rings. The number of carbonyl (C=O) groups excluding carboxylic acids is 1. The summed E-state index contributed by atoms with van der Waals surface area (Å²) in [5, 5.41) is 9.56. The maximum absolute atomic E-state index is 12.7. The second-order valence-corrected chi connectivity index (χ2v) is 7.79. The van der Waals surface area contributed by atoms with Gasteiger partial charge < -0.3 is 5.32 Å². The summed E-state index contributed by atoms with van der Waals surface area (Å²) in [5.41, 5.74) is 1.06. The number of anilines is 1. The number of rotatable bonds is 4. The van der Waals surface area contributed by atoms with Gasteiger partial charge in [-0.2, -0.15) is 9.78 Å². The second kappa shape index (κ2) is 7.48. The van der Waals surface area contributed by atoms with Crippen LogP contribution in [0, 0.1) is 12.8 Å². The Morgan fingerprint density at radius 1 is 1.30 bits per heavy atom. The average Bonchev–Trinajstić information content (AvgIpc) is 3.31. The van der Waals surface area contributed by atoms with E-state index in [1.165, 1.54) is 17.2 Å². The molecule has 1 aliphatic rings. The van der Waals surface area contributed by atoms with Crippen LogP contribution in [0.15, 0.2) is 34.4 Å². The largest absolute Gasteiger partial charge is 0.310 e. The Morgan fingerprint density at radius 2 is 2.11 bits per heavy atom. The molecule has 0 spiro atoms. The van der Waals surface area contributed by atoms with Crippen molar-refractivity contribution in [2.24, 2.45) is 5.92 Å². The zero-order chi connectivity index (χ0) is 18.8. The molecule has 140 valence electrons. The van der Waals surface area contributed by atoms with E-state index in [2.05, 4.69) is 20.4 Å². The molecule has 4 rings (SSSR count). The summed E-state index contributed by atoms with van der Waals surface area (Å²) in [6.45, 7) is 1.75. The highest BCUT2D eigenvalue weighted by atomic mass is 32.1. The van der Waals surface area contributed by atoms with Gasteiger partial charge in [-0.15, -0.1) is 11.3 Å². The minimum atomic E-state index is -0.254. The Bertz CT molecular complexity index is 1000. The van der Waals surface area contributed by atoms with Crippen molar-refractivity contribution >= 4 is 23.1 Å². The van der Waals surface area contributed by atoms with Crippen LogP contribution >= 0.6 is 11.3 Å². The Kier molecular flexibility index (Phi) is 4.89. The van der Waals surface area contributed by atoms with Crippen LogP contribution in [-0.4, -0.2) is 25.7 Å². The first-order chi connectivity index (χ1) is 13.1. The predicted molar refractivity (Wildman–Crippen MR) is 105 cm³/mol. The number of nitrogens with one attached hydrogen (secondary N) is 2. The molecule has 1 saturated carbocycles. The molecule has 3 aromatic heterocycles. The molecular formula is C19H21N5O2S. The van der Waals surface area contributed by atoms with E-state index in [1.807, 2.05) is 23.6 Å². The number of carbonyl (C=O) groups is 1. The highest BCUT2D eigenvalue weighted by Gasteiger charge is 2.23. The Hall–Kier alpha value is -2.74. The van der Waals surface area contributed by atoms with Gasteiger partial charge in [0.1, 0.15) is 11.5 Å². The Balaban J connectivity index is 1.72. The van der Waals surface area contributed by atoms with Crippen molar-refractivity contribution in [2.45, 2.75) is 39.0 Å². The van der Waals surface area contributed by atoms with Gasteiger partial charge in [0.25, 0.3) is 5.56 Å². The normalized spacial score (nSPS) is 15.0. The molecule has 1 amide bonds. The summed E-state index contributed by atoms with van der Waals surface area (Å²) < 4.78 is 1.50. The minimum Gasteiger partial charge on any atom is -0.310 e. The number of thiophene rings is 1. The van der Waals surface area contributed by atoms with Crippen molar-refractivity contribution in [3.8, 4) is 16.5 Å². The van der Waals surface area contributed by atoms with Gasteiger partial charge in [-0.1, -0.05) is 25.3 Å². The van der Waals surface area contributed by atoms with Crippen molar-refractivity contribution in [1.29, 1.82) is 0 Å². The molecule has 8 heteroatoms. The lowest BCUT2D eigenvalue weighted by Crippen LogP contribution is -2.26. The van der Waals surface area contributed by atoms with E-state index in [0.717, 1.165) is 36.3 Å². The summed E-state index contributed by atoms with van der Waals surface area (Å²) in [4.78, 5) is 32.7. The summed E-state index contributed by atoms with van der Waals surface area (Å²) in [7, 11) is 0. The van der Waals surface area contributed by atoms with Gasteiger partial charge in [0, 0.05) is 23.7 Å². The van der Waals surface area contributed by atoms with E-state index in [0.29, 0.717) is 17.5 Å². The number of hydrogen-bond acceptors (Lipinski definition) is 5. The number of aromatic nitrogens is 4. The van der Waals surface area contributed by atoms with Crippen LogP contribution in [0.4, 0.5) is 5.82 Å². The quantitative estimate of drug-likeness (QED) is 0.721. The van der Waals surface area contributed by atoms with Crippen molar-refractivity contribution in [2.75, 3.05) is 5.32 Å². The average molecular weight is 383 g/mol. The molecule has 0 bridgehead atoms. The zero-order valence-electron chi connectivity index (χ0n) is 15.1. The highest BCUT2D eigenvalue weighted by Crippen LogP contribution is 2.29. The molecule has 1 aliphatic carbocycles. The first-order valence-electron chi connectivity index (χ1n) is 9.13. The van der Waals surface area contributed by atoms with Crippen molar-refractivity contribution in [1.82, 2.24) is 19.7 Å². The predicted octanol–water partition coefficient (Wildman–Crippen LogP) is 3.51. The molecular weight excluding hydrogens is 362 g/mol. The third kappa shape index (κ3) is 3.85. The summed E-state index contributed by atoms with van der Waals surface area (Å²) >= 11 is 1.57. The lowest BCUT2D eigenvalue weighted by Gasteiger charge is -2.20. The monoisotopic (exact) mass is 383 g/mol. The van der Waals surface area contributed by atoms with Crippen LogP contribution in [-0.2, 0) is 4.79 Å². The van der Waals surface area contributed by atoms with Crippen molar-refractivity contribution in [3.05, 3.63) is 45.7 Å². The smallest absolute Gasteiger partial charge is 0.252 e. The number of aryl methyl sites for hydroxylation is 1. The lowest BCUT2D eigenvalue weighted by atomic mass is 9.89. The van der Waals surface area contributed by atoms with Crippen LogP contribution in [0.5, 0.6) is 0 Å². The summed E-state index contributed by atoms with van der Waals surface area (Å²) in [6, 6.07) is 7.17. The van der Waals surface area contributed by atoms with Crippen molar-refractivity contribution in [3.63, 3.8) is 0 Å². The van der Waals surface area contributed by atoms with E-state index in [1.54, 1.807) is 18.3 Å². The van der Waals surface area contributed by atoms with Gasteiger partial charge in [-0.3, -0.25) is 14.6 Å². The molecule has 0 radical (unpaired) electrons. The SMILES string of the molecule is Cc1cc(=O)[nH]c(-n2nc(-c3cccs3)cc2NC(=O)C2CCCCC2)n1. The van der Waals surface area contributed by atoms with Gasteiger partial charge in [-0.25, -0.2) is 4.98 Å². The standard InChI is InChI=1S/C19H21N5O2S/c1-12-10-17(25)22-19(20-12)24-16(11-14(23-24)15-8-5-9-27-15)21-18(26)13-6-3-2-4-7-13/h5,8-11,13H,2-4,6-7H2,1H3,(H,21,26)(H,20,22,25).